The van der Waals surface area contributed by atoms with Crippen LogP contribution in [0.1, 0.15) is 64.2 Å². The zero-order valence-corrected chi connectivity index (χ0v) is 21.9. The highest BCUT2D eigenvalue weighted by Gasteiger charge is 2.52. The van der Waals surface area contributed by atoms with E-state index in [9.17, 15) is 19.2 Å². The van der Waals surface area contributed by atoms with E-state index in [2.05, 4.69) is 13.2 Å². The number of hydrogen-bond acceptors (Lipinski definition) is 6. The molecule has 8 heteroatoms. The Kier molecular flexibility index (Phi) is 10.1. The molecule has 0 N–H and O–H groups in total. The Morgan fingerprint density at radius 2 is 1.14 bits per heavy atom. The number of rotatable bonds is 12. The highest BCUT2D eigenvalue weighted by atomic mass is 16.6. The molecule has 2 saturated carbocycles. The molecular weight excluding hydrogens is 460 g/mol. The Balaban J connectivity index is 0.000000201. The van der Waals surface area contributed by atoms with Gasteiger partial charge in [-0.3, -0.25) is 19.2 Å². The number of amides is 2. The molecule has 0 spiro atoms. The lowest BCUT2D eigenvalue weighted by molar-refractivity contribution is -0.156. The molecular formula is C28H42N2O6. The predicted octanol–water partition coefficient (Wildman–Crippen LogP) is 3.51. The maximum atomic E-state index is 12.2. The molecule has 2 aliphatic carbocycles. The van der Waals surface area contributed by atoms with E-state index < -0.39 is 0 Å². The predicted molar refractivity (Wildman–Crippen MR) is 136 cm³/mol. The van der Waals surface area contributed by atoms with Gasteiger partial charge >= 0.3 is 11.9 Å². The van der Waals surface area contributed by atoms with Crippen molar-refractivity contribution in [2.24, 2.45) is 23.7 Å². The van der Waals surface area contributed by atoms with Crippen molar-refractivity contribution in [3.8, 4) is 0 Å². The van der Waals surface area contributed by atoms with E-state index in [0.29, 0.717) is 12.8 Å². The van der Waals surface area contributed by atoms with Crippen LogP contribution in [0.3, 0.4) is 0 Å². The van der Waals surface area contributed by atoms with E-state index in [4.69, 9.17) is 9.47 Å². The molecule has 0 radical (unpaired) electrons. The first-order valence-electron chi connectivity index (χ1n) is 13.4. The molecule has 6 atom stereocenters. The van der Waals surface area contributed by atoms with Crippen molar-refractivity contribution >= 4 is 23.8 Å². The second kappa shape index (κ2) is 13.1. The molecule has 0 aromatic rings. The minimum atomic E-state index is -0.182. The Labute approximate surface area is 215 Å². The smallest absolute Gasteiger partial charge is 0.310 e. The molecule has 200 valence electrons. The van der Waals surface area contributed by atoms with Crippen molar-refractivity contribution in [2.75, 3.05) is 27.2 Å². The number of carbonyl (C=O) groups is 4. The molecule has 4 aliphatic rings. The largest absolute Gasteiger partial charge is 0.462 e. The molecule has 4 rings (SSSR count). The standard InChI is InChI=1S/2C14H21NO3/c2*1-3-4-5-6-7-15(2)13(16)11-8-10-9-12(11)14(17)18-10/h2*3,10-12H,1,4-9H2,2H3/t10-,11-,12-;/m1./s1. The Bertz CT molecular complexity index is 774. The van der Waals surface area contributed by atoms with Crippen LogP contribution in [0.25, 0.3) is 0 Å². The van der Waals surface area contributed by atoms with Crippen LogP contribution in [0, 0.1) is 23.7 Å². The monoisotopic (exact) mass is 502 g/mol. The molecule has 0 aromatic heterocycles. The molecule has 2 aliphatic heterocycles. The summed E-state index contributed by atoms with van der Waals surface area (Å²) in [5.41, 5.74) is 0. The van der Waals surface area contributed by atoms with Gasteiger partial charge in [-0.15, -0.1) is 13.2 Å². The summed E-state index contributed by atoms with van der Waals surface area (Å²) in [5, 5.41) is 0. The van der Waals surface area contributed by atoms with Crippen molar-refractivity contribution < 1.29 is 28.7 Å². The minimum Gasteiger partial charge on any atom is -0.462 e. The van der Waals surface area contributed by atoms with Gasteiger partial charge in [0.25, 0.3) is 0 Å². The Hall–Kier alpha value is -2.64. The molecule has 2 saturated heterocycles. The molecule has 4 fully saturated rings. The summed E-state index contributed by atoms with van der Waals surface area (Å²) in [6.45, 7) is 8.87. The topological polar surface area (TPSA) is 93.2 Å². The number of allylic oxidation sites excluding steroid dienone is 2. The molecule has 2 amide bonds. The van der Waals surface area contributed by atoms with E-state index in [-0.39, 0.29) is 59.6 Å². The lowest BCUT2D eigenvalue weighted by atomic mass is 9.94. The fraction of sp³-hybridized carbons (Fsp3) is 0.714. The van der Waals surface area contributed by atoms with Gasteiger partial charge in [0.1, 0.15) is 12.2 Å². The molecule has 4 bridgehead atoms. The van der Waals surface area contributed by atoms with Gasteiger partial charge in [0.05, 0.1) is 23.7 Å². The fourth-order valence-corrected chi connectivity index (χ4v) is 5.81. The molecule has 3 unspecified atom stereocenters. The van der Waals surface area contributed by atoms with Gasteiger partial charge in [0.15, 0.2) is 0 Å². The van der Waals surface area contributed by atoms with Gasteiger partial charge < -0.3 is 19.3 Å². The van der Waals surface area contributed by atoms with Crippen LogP contribution in [0.5, 0.6) is 0 Å². The van der Waals surface area contributed by atoms with Gasteiger partial charge in [-0.1, -0.05) is 12.2 Å². The van der Waals surface area contributed by atoms with Gasteiger partial charge in [0.2, 0.25) is 11.8 Å². The van der Waals surface area contributed by atoms with Crippen molar-refractivity contribution in [3.63, 3.8) is 0 Å². The summed E-state index contributed by atoms with van der Waals surface area (Å²) in [6.07, 6.45) is 12.7. The summed E-state index contributed by atoms with van der Waals surface area (Å²) in [6, 6.07) is 0. The van der Waals surface area contributed by atoms with Crippen LogP contribution in [0.15, 0.2) is 25.3 Å². The third-order valence-corrected chi connectivity index (χ3v) is 7.90. The van der Waals surface area contributed by atoms with Gasteiger partial charge in [-0.2, -0.15) is 0 Å². The van der Waals surface area contributed by atoms with Gasteiger partial charge in [-0.25, -0.2) is 0 Å². The number of hydrogen-bond donors (Lipinski definition) is 0. The van der Waals surface area contributed by atoms with E-state index in [0.717, 1.165) is 64.5 Å². The normalized spacial score (nSPS) is 29.2. The van der Waals surface area contributed by atoms with E-state index in [1.165, 1.54) is 0 Å². The number of carbonyl (C=O) groups excluding carboxylic acids is 4. The third-order valence-electron chi connectivity index (χ3n) is 7.90. The van der Waals surface area contributed by atoms with E-state index in [1.807, 2.05) is 26.2 Å². The molecule has 8 nitrogen and oxygen atoms in total. The highest BCUT2D eigenvalue weighted by Crippen LogP contribution is 2.42. The first kappa shape index (κ1) is 27.9. The van der Waals surface area contributed by atoms with Crippen LogP contribution < -0.4 is 0 Å². The molecule has 2 heterocycles. The third kappa shape index (κ3) is 6.77. The number of nitrogens with zero attached hydrogens (tertiary/aromatic N) is 2. The summed E-state index contributed by atoms with van der Waals surface area (Å²) >= 11 is 0. The van der Waals surface area contributed by atoms with Gasteiger partial charge in [0, 0.05) is 27.2 Å². The van der Waals surface area contributed by atoms with Gasteiger partial charge in [-0.05, 0) is 64.2 Å². The quantitative estimate of drug-likeness (QED) is 0.230. The summed E-state index contributed by atoms with van der Waals surface area (Å²) < 4.78 is 10.2. The first-order valence-corrected chi connectivity index (χ1v) is 13.4. The fourth-order valence-electron chi connectivity index (χ4n) is 5.81. The van der Waals surface area contributed by atoms with Crippen molar-refractivity contribution in [1.82, 2.24) is 9.80 Å². The first-order chi connectivity index (χ1) is 17.3. The summed E-state index contributed by atoms with van der Waals surface area (Å²) in [7, 11) is 3.65. The summed E-state index contributed by atoms with van der Waals surface area (Å²) in [4.78, 5) is 51.0. The lowest BCUT2D eigenvalue weighted by Crippen LogP contribution is -2.39. The minimum absolute atomic E-state index is 0.00869. The Morgan fingerprint density at radius 1 is 0.750 bits per heavy atom. The van der Waals surface area contributed by atoms with Crippen LogP contribution in [0.4, 0.5) is 0 Å². The number of unbranched alkanes of at least 4 members (excludes halogenated alkanes) is 4. The maximum Gasteiger partial charge on any atom is 0.310 e. The zero-order chi connectivity index (χ0) is 26.2. The average Bonchev–Trinajstić information content (AvgIpc) is 3.64. The van der Waals surface area contributed by atoms with E-state index in [1.54, 1.807) is 9.80 Å². The zero-order valence-electron chi connectivity index (χ0n) is 21.9. The number of ether oxygens (including phenoxy) is 2. The lowest BCUT2D eigenvalue weighted by Gasteiger charge is -2.25. The van der Waals surface area contributed by atoms with Crippen LogP contribution in [0.2, 0.25) is 0 Å². The molecule has 36 heavy (non-hydrogen) atoms. The summed E-state index contributed by atoms with van der Waals surface area (Å²) in [5.74, 6) is -0.776. The number of esters is 2. The average molecular weight is 503 g/mol. The van der Waals surface area contributed by atoms with E-state index >= 15 is 0 Å². The van der Waals surface area contributed by atoms with Crippen molar-refractivity contribution in [3.05, 3.63) is 25.3 Å². The maximum absolute atomic E-state index is 12.2. The van der Waals surface area contributed by atoms with Crippen molar-refractivity contribution in [1.29, 1.82) is 0 Å². The second-order valence-electron chi connectivity index (χ2n) is 10.6. The number of fused-ring (bicyclic) bond motifs is 4. The van der Waals surface area contributed by atoms with Crippen LogP contribution >= 0.6 is 0 Å². The highest BCUT2D eigenvalue weighted by molar-refractivity contribution is 5.88. The van der Waals surface area contributed by atoms with Crippen molar-refractivity contribution in [2.45, 2.75) is 76.4 Å². The molecule has 0 aromatic carbocycles. The van der Waals surface area contributed by atoms with Crippen LogP contribution in [-0.4, -0.2) is 72.9 Å². The Morgan fingerprint density at radius 3 is 1.44 bits per heavy atom. The SMILES string of the molecule is C=CCCCCN(C)C(=O)C1CC2CC1C(=O)O2.C=CCCCCN(C)C(=O)[C@@H]1C[C@@H]2C[C@H]1C(=O)O2. The second-order valence-corrected chi connectivity index (χ2v) is 10.6. The van der Waals surface area contributed by atoms with Crippen LogP contribution in [-0.2, 0) is 28.7 Å².